The molecule has 1 N–H and O–H groups in total. The van der Waals surface area contributed by atoms with Gasteiger partial charge in [-0.2, -0.15) is 0 Å². The number of hydrogen-bond donors (Lipinski definition) is 1. The lowest BCUT2D eigenvalue weighted by molar-refractivity contribution is -0.137. The molecule has 1 heterocycles. The first-order chi connectivity index (χ1) is 11.5. The zero-order valence-corrected chi connectivity index (χ0v) is 13.4. The van der Waals surface area contributed by atoms with Crippen LogP contribution in [0.15, 0.2) is 18.2 Å². The first kappa shape index (κ1) is 16.9. The Morgan fingerprint density at radius 2 is 1.96 bits per heavy atom. The van der Waals surface area contributed by atoms with E-state index in [4.69, 9.17) is 5.11 Å². The number of aliphatic carboxylic acids is 1. The van der Waals surface area contributed by atoms with E-state index in [0.717, 1.165) is 12.8 Å². The van der Waals surface area contributed by atoms with Crippen molar-refractivity contribution in [1.82, 2.24) is 4.90 Å². The van der Waals surface area contributed by atoms with Crippen LogP contribution in [0.3, 0.4) is 0 Å². The van der Waals surface area contributed by atoms with E-state index in [1.165, 1.54) is 18.2 Å². The lowest BCUT2D eigenvalue weighted by Gasteiger charge is -2.33. The van der Waals surface area contributed by atoms with E-state index in [0.29, 0.717) is 25.9 Å². The van der Waals surface area contributed by atoms with Crippen molar-refractivity contribution in [3.05, 3.63) is 35.4 Å². The molecule has 4 nitrogen and oxygen atoms in total. The van der Waals surface area contributed by atoms with Gasteiger partial charge in [-0.3, -0.25) is 9.59 Å². The molecule has 2 aliphatic rings. The molecule has 24 heavy (non-hydrogen) atoms. The first-order valence-electron chi connectivity index (χ1n) is 8.42. The van der Waals surface area contributed by atoms with Crippen LogP contribution in [0.4, 0.5) is 8.78 Å². The maximum Gasteiger partial charge on any atom is 0.303 e. The second kappa shape index (κ2) is 6.87. The van der Waals surface area contributed by atoms with Gasteiger partial charge in [0.1, 0.15) is 11.6 Å². The van der Waals surface area contributed by atoms with Gasteiger partial charge in [-0.15, -0.1) is 0 Å². The number of benzene rings is 1. The topological polar surface area (TPSA) is 57.6 Å². The number of nitrogens with zero attached hydrogens (tertiary/aromatic N) is 1. The highest BCUT2D eigenvalue weighted by molar-refractivity contribution is 5.83. The summed E-state index contributed by atoms with van der Waals surface area (Å²) in [5.74, 6) is -2.59. The summed E-state index contributed by atoms with van der Waals surface area (Å²) in [7, 11) is 0. The van der Waals surface area contributed by atoms with Gasteiger partial charge < -0.3 is 10.0 Å². The molecule has 130 valence electrons. The lowest BCUT2D eigenvalue weighted by Crippen LogP contribution is -2.41. The van der Waals surface area contributed by atoms with Crippen molar-refractivity contribution < 1.29 is 23.5 Å². The smallest absolute Gasteiger partial charge is 0.303 e. The highest BCUT2D eigenvalue weighted by Crippen LogP contribution is 2.50. The van der Waals surface area contributed by atoms with Crippen LogP contribution in [-0.2, 0) is 9.59 Å². The molecular formula is C18H21F2NO3. The number of carbonyl (C=O) groups excluding carboxylic acids is 1. The van der Waals surface area contributed by atoms with Gasteiger partial charge in [0.25, 0.3) is 0 Å². The second-order valence-corrected chi connectivity index (χ2v) is 6.81. The maximum absolute atomic E-state index is 13.8. The predicted molar refractivity (Wildman–Crippen MR) is 83.4 cm³/mol. The van der Waals surface area contributed by atoms with Crippen molar-refractivity contribution in [3.63, 3.8) is 0 Å². The van der Waals surface area contributed by atoms with Crippen molar-refractivity contribution in [2.75, 3.05) is 13.1 Å². The van der Waals surface area contributed by atoms with Gasteiger partial charge in [-0.1, -0.05) is 6.07 Å². The molecule has 0 bridgehead atoms. The van der Waals surface area contributed by atoms with Gasteiger partial charge in [0.2, 0.25) is 5.91 Å². The van der Waals surface area contributed by atoms with Crippen molar-refractivity contribution in [3.8, 4) is 0 Å². The van der Waals surface area contributed by atoms with Gasteiger partial charge >= 0.3 is 5.97 Å². The zero-order chi connectivity index (χ0) is 17.3. The highest BCUT2D eigenvalue weighted by Gasteiger charge is 2.48. The molecule has 1 amide bonds. The Bertz CT molecular complexity index is 629. The molecule has 1 saturated carbocycles. The highest BCUT2D eigenvalue weighted by atomic mass is 19.1. The van der Waals surface area contributed by atoms with Gasteiger partial charge in [0, 0.05) is 36.9 Å². The number of carboxylic acid groups (broad SMARTS) is 1. The Labute approximate surface area is 139 Å². The van der Waals surface area contributed by atoms with Crippen molar-refractivity contribution in [2.24, 2.45) is 11.8 Å². The molecule has 6 heteroatoms. The fraction of sp³-hybridized carbons (Fsp3) is 0.556. The van der Waals surface area contributed by atoms with Crippen LogP contribution in [0.25, 0.3) is 0 Å². The van der Waals surface area contributed by atoms with E-state index in [9.17, 15) is 18.4 Å². The lowest BCUT2D eigenvalue weighted by atomic mass is 9.93. The number of carboxylic acids is 1. The van der Waals surface area contributed by atoms with E-state index < -0.39 is 17.6 Å². The standard InChI is InChI=1S/C18H21F2NO3/c19-14-4-1-5-15(20)17(14)12-9-13(12)18(24)21-8-2-3-11(10-21)6-7-16(22)23/h1,4-5,11-13H,2-3,6-10H2,(H,22,23)/t11-,12-,13-/m0/s1. The number of amides is 1. The Morgan fingerprint density at radius 3 is 2.62 bits per heavy atom. The van der Waals surface area contributed by atoms with Crippen LogP contribution in [0, 0.1) is 23.5 Å². The van der Waals surface area contributed by atoms with E-state index in [1.807, 2.05) is 0 Å². The van der Waals surface area contributed by atoms with Gasteiger partial charge in [-0.25, -0.2) is 8.78 Å². The van der Waals surface area contributed by atoms with Gasteiger partial charge in [0.05, 0.1) is 0 Å². The normalized spacial score (nSPS) is 26.2. The number of carbonyl (C=O) groups is 2. The molecule has 2 fully saturated rings. The van der Waals surface area contributed by atoms with E-state index in [2.05, 4.69) is 0 Å². The molecule has 0 aromatic heterocycles. The van der Waals surface area contributed by atoms with Crippen LogP contribution in [0.1, 0.15) is 43.6 Å². The number of hydrogen-bond acceptors (Lipinski definition) is 2. The minimum atomic E-state index is -0.823. The second-order valence-electron chi connectivity index (χ2n) is 6.81. The first-order valence-corrected chi connectivity index (χ1v) is 8.42. The van der Waals surface area contributed by atoms with E-state index in [1.54, 1.807) is 4.90 Å². The van der Waals surface area contributed by atoms with Crippen molar-refractivity contribution in [1.29, 1.82) is 0 Å². The summed E-state index contributed by atoms with van der Waals surface area (Å²) in [6.07, 6.45) is 2.93. The average molecular weight is 337 g/mol. The number of rotatable bonds is 5. The number of halogens is 2. The van der Waals surface area contributed by atoms with Gasteiger partial charge in [0.15, 0.2) is 0 Å². The molecule has 1 aromatic carbocycles. The fourth-order valence-corrected chi connectivity index (χ4v) is 3.71. The summed E-state index contributed by atoms with van der Waals surface area (Å²) in [4.78, 5) is 25.1. The summed E-state index contributed by atoms with van der Waals surface area (Å²) < 4.78 is 27.7. The van der Waals surface area contributed by atoms with Crippen molar-refractivity contribution >= 4 is 11.9 Å². The van der Waals surface area contributed by atoms with Gasteiger partial charge in [-0.05, 0) is 43.7 Å². The number of likely N-dealkylation sites (tertiary alicyclic amines) is 1. The molecule has 1 aliphatic carbocycles. The van der Waals surface area contributed by atoms with Crippen LogP contribution in [0.2, 0.25) is 0 Å². The Morgan fingerprint density at radius 1 is 1.25 bits per heavy atom. The Kier molecular flexibility index (Phi) is 4.83. The minimum absolute atomic E-state index is 0.0234. The van der Waals surface area contributed by atoms with E-state index in [-0.39, 0.29) is 35.6 Å². The molecule has 0 spiro atoms. The molecule has 3 atom stereocenters. The van der Waals surface area contributed by atoms with Crippen LogP contribution >= 0.6 is 0 Å². The summed E-state index contributed by atoms with van der Waals surface area (Å²) >= 11 is 0. The largest absolute Gasteiger partial charge is 0.481 e. The quantitative estimate of drug-likeness (QED) is 0.898. The fourth-order valence-electron chi connectivity index (χ4n) is 3.71. The molecule has 3 rings (SSSR count). The number of piperidine rings is 1. The maximum atomic E-state index is 13.8. The monoisotopic (exact) mass is 337 g/mol. The average Bonchev–Trinajstić information content (AvgIpc) is 3.32. The SMILES string of the molecule is O=C(O)CC[C@@H]1CCCN(C(=O)[C@H]2C[C@@H]2c2c(F)cccc2F)C1. The van der Waals surface area contributed by atoms with Crippen LogP contribution in [0.5, 0.6) is 0 Å². The third-order valence-corrected chi connectivity index (χ3v) is 5.08. The Balaban J connectivity index is 1.60. The third-order valence-electron chi connectivity index (χ3n) is 5.08. The van der Waals surface area contributed by atoms with E-state index >= 15 is 0 Å². The summed E-state index contributed by atoms with van der Waals surface area (Å²) in [5, 5.41) is 8.78. The zero-order valence-electron chi connectivity index (χ0n) is 13.4. The third kappa shape index (κ3) is 3.57. The van der Waals surface area contributed by atoms with Crippen LogP contribution < -0.4 is 0 Å². The molecule has 1 saturated heterocycles. The molecule has 1 aliphatic heterocycles. The predicted octanol–water partition coefficient (Wildman–Crippen LogP) is 3.17. The summed E-state index contributed by atoms with van der Waals surface area (Å²) in [6.45, 7) is 1.19. The molecule has 0 unspecified atom stereocenters. The molecular weight excluding hydrogens is 316 g/mol. The Hall–Kier alpha value is -1.98. The van der Waals surface area contributed by atoms with Crippen LogP contribution in [-0.4, -0.2) is 35.0 Å². The summed E-state index contributed by atoms with van der Waals surface area (Å²) in [5.41, 5.74) is 0.0234. The molecule has 0 radical (unpaired) electrons. The summed E-state index contributed by atoms with van der Waals surface area (Å²) in [6, 6.07) is 3.77. The molecule has 1 aromatic rings. The minimum Gasteiger partial charge on any atom is -0.481 e. The van der Waals surface area contributed by atoms with Crippen molar-refractivity contribution in [2.45, 2.75) is 38.0 Å².